The molecule has 0 radical (unpaired) electrons. The molecule has 0 fully saturated rings. The highest BCUT2D eigenvalue weighted by Crippen LogP contribution is 2.36. The van der Waals surface area contributed by atoms with Crippen LogP contribution in [0.5, 0.6) is 0 Å². The molecule has 1 amide bonds. The average Bonchev–Trinajstić information content (AvgIpc) is 2.61. The fourth-order valence-electron chi connectivity index (χ4n) is 2.91. The maximum Gasteiger partial charge on any atom is 0.225 e. The molecule has 1 heterocycles. The van der Waals surface area contributed by atoms with Crippen LogP contribution in [0.1, 0.15) is 63.0 Å². The Hall–Kier alpha value is -1.73. The number of allylic oxidation sites excluding steroid dienone is 1. The number of hydrogen-bond acceptors (Lipinski definition) is 3. The number of thioether (sulfide) groups is 1. The number of nitrogens with zero attached hydrogens (tertiary/aromatic N) is 1. The molecule has 24 heavy (non-hydrogen) atoms. The summed E-state index contributed by atoms with van der Waals surface area (Å²) in [7, 11) is 0. The zero-order valence-electron chi connectivity index (χ0n) is 14.6. The average molecular weight is 343 g/mol. The molecule has 2 rings (SSSR count). The van der Waals surface area contributed by atoms with Gasteiger partial charge in [0.2, 0.25) is 5.91 Å². The Kier molecular flexibility index (Phi) is 7.39. The van der Waals surface area contributed by atoms with E-state index in [1.54, 1.807) is 11.8 Å². The number of benzene rings is 1. The molecule has 0 saturated carbocycles. The van der Waals surface area contributed by atoms with Crippen molar-refractivity contribution in [3.05, 3.63) is 46.0 Å². The van der Waals surface area contributed by atoms with Crippen LogP contribution >= 0.6 is 11.8 Å². The Bertz CT molecular complexity index is 628. The second-order valence-electron chi connectivity index (χ2n) is 6.16. The third-order valence-corrected chi connectivity index (χ3v) is 5.49. The lowest BCUT2D eigenvalue weighted by atomic mass is 9.86. The zero-order valence-corrected chi connectivity index (χ0v) is 15.4. The van der Waals surface area contributed by atoms with Gasteiger partial charge in [0.25, 0.3) is 0 Å². The van der Waals surface area contributed by atoms with Crippen molar-refractivity contribution >= 4 is 17.7 Å². The van der Waals surface area contributed by atoms with Crippen molar-refractivity contribution in [2.75, 3.05) is 5.75 Å². The van der Waals surface area contributed by atoms with Crippen molar-refractivity contribution < 1.29 is 4.79 Å². The molecule has 0 aliphatic carbocycles. The minimum absolute atomic E-state index is 0.00891. The lowest BCUT2D eigenvalue weighted by molar-refractivity contribution is -0.120. The molecule has 0 aromatic heterocycles. The van der Waals surface area contributed by atoms with Crippen LogP contribution in [0.3, 0.4) is 0 Å². The summed E-state index contributed by atoms with van der Waals surface area (Å²) in [5.74, 6) is 0.838. The molecule has 4 heteroatoms. The summed E-state index contributed by atoms with van der Waals surface area (Å²) in [4.78, 5) is 12.1. The molecular weight excluding hydrogens is 316 g/mol. The Morgan fingerprint density at radius 3 is 2.58 bits per heavy atom. The van der Waals surface area contributed by atoms with E-state index < -0.39 is 0 Å². The summed E-state index contributed by atoms with van der Waals surface area (Å²) in [5, 5.41) is 13.3. The first-order chi connectivity index (χ1) is 11.7. The molecule has 1 aromatic rings. The lowest BCUT2D eigenvalue weighted by Gasteiger charge is -2.25. The molecule has 1 aliphatic rings. The van der Waals surface area contributed by atoms with Crippen LogP contribution < -0.4 is 5.32 Å². The van der Waals surface area contributed by atoms with Gasteiger partial charge in [0, 0.05) is 12.3 Å². The number of carbonyl (C=O) groups excluding carboxylic acids is 1. The molecule has 1 atom stereocenters. The van der Waals surface area contributed by atoms with Crippen molar-refractivity contribution in [2.24, 2.45) is 0 Å². The van der Waals surface area contributed by atoms with E-state index in [1.807, 2.05) is 0 Å². The summed E-state index contributed by atoms with van der Waals surface area (Å²) < 4.78 is 0. The van der Waals surface area contributed by atoms with E-state index in [9.17, 15) is 10.1 Å². The van der Waals surface area contributed by atoms with Crippen LogP contribution in [0.15, 0.2) is 34.9 Å². The van der Waals surface area contributed by atoms with Crippen LogP contribution in [-0.4, -0.2) is 11.7 Å². The number of unbranched alkanes of at least 4 members (excludes halogenated alkanes) is 3. The van der Waals surface area contributed by atoms with Crippen LogP contribution in [0.2, 0.25) is 0 Å². The highest BCUT2D eigenvalue weighted by Gasteiger charge is 2.29. The summed E-state index contributed by atoms with van der Waals surface area (Å²) in [6.07, 6.45) is 6.12. The number of rotatable bonds is 8. The second kappa shape index (κ2) is 9.54. The minimum Gasteiger partial charge on any atom is -0.320 e. The molecule has 128 valence electrons. The topological polar surface area (TPSA) is 52.9 Å². The maximum atomic E-state index is 12.1. The molecule has 0 spiro atoms. The van der Waals surface area contributed by atoms with E-state index >= 15 is 0 Å². The smallest absolute Gasteiger partial charge is 0.225 e. The highest BCUT2D eigenvalue weighted by atomic mass is 32.2. The number of amides is 1. The van der Waals surface area contributed by atoms with Gasteiger partial charge in [0.1, 0.15) is 0 Å². The first-order valence-corrected chi connectivity index (χ1v) is 9.83. The maximum absolute atomic E-state index is 12.1. The van der Waals surface area contributed by atoms with E-state index in [1.165, 1.54) is 24.8 Å². The predicted molar refractivity (Wildman–Crippen MR) is 101 cm³/mol. The van der Waals surface area contributed by atoms with Gasteiger partial charge in [0.15, 0.2) is 0 Å². The van der Waals surface area contributed by atoms with Gasteiger partial charge >= 0.3 is 0 Å². The number of hydrogen-bond donors (Lipinski definition) is 1. The normalized spacial score (nSPS) is 17.5. The summed E-state index contributed by atoms with van der Waals surface area (Å²) in [5.41, 5.74) is 3.04. The fourth-order valence-corrected chi connectivity index (χ4v) is 3.99. The van der Waals surface area contributed by atoms with Crippen LogP contribution in [0.4, 0.5) is 0 Å². The first kappa shape index (κ1) is 18.6. The largest absolute Gasteiger partial charge is 0.320 e. The number of nitriles is 1. The Balaban J connectivity index is 2.15. The molecule has 0 bridgehead atoms. The van der Waals surface area contributed by atoms with Crippen molar-refractivity contribution in [1.29, 1.82) is 5.26 Å². The van der Waals surface area contributed by atoms with Crippen molar-refractivity contribution in [1.82, 2.24) is 5.32 Å². The SMILES string of the molecule is CCCCCCSC1=C(C#N)C(c2ccc(CC)cc2)CC(=O)N1. The Morgan fingerprint density at radius 1 is 1.21 bits per heavy atom. The quantitative estimate of drug-likeness (QED) is 0.684. The van der Waals surface area contributed by atoms with Crippen LogP contribution in [0, 0.1) is 11.3 Å². The standard InChI is InChI=1S/C20H26N2OS/c1-3-5-6-7-12-24-20-18(14-21)17(13-19(23)22-20)16-10-8-15(4-2)9-11-16/h8-11,17H,3-7,12-13H2,1-2H3,(H,22,23). The monoisotopic (exact) mass is 342 g/mol. The van der Waals surface area contributed by atoms with Gasteiger partial charge in [-0.3, -0.25) is 4.79 Å². The molecular formula is C20H26N2OS. The van der Waals surface area contributed by atoms with E-state index in [0.29, 0.717) is 12.0 Å². The summed E-state index contributed by atoms with van der Waals surface area (Å²) in [6.45, 7) is 4.32. The van der Waals surface area contributed by atoms with E-state index in [0.717, 1.165) is 29.2 Å². The van der Waals surface area contributed by atoms with Crippen LogP contribution in [0.25, 0.3) is 0 Å². The number of aryl methyl sites for hydroxylation is 1. The van der Waals surface area contributed by atoms with Crippen molar-refractivity contribution in [3.63, 3.8) is 0 Å². The molecule has 0 saturated heterocycles. The molecule has 1 N–H and O–H groups in total. The fraction of sp³-hybridized carbons (Fsp3) is 0.500. The second-order valence-corrected chi connectivity index (χ2v) is 7.27. The molecule has 1 aromatic carbocycles. The van der Waals surface area contributed by atoms with Gasteiger partial charge in [-0.2, -0.15) is 5.26 Å². The van der Waals surface area contributed by atoms with Crippen LogP contribution in [-0.2, 0) is 11.2 Å². The van der Waals surface area contributed by atoms with E-state index in [4.69, 9.17) is 0 Å². The third-order valence-electron chi connectivity index (χ3n) is 4.39. The zero-order chi connectivity index (χ0) is 17.4. The highest BCUT2D eigenvalue weighted by molar-refractivity contribution is 8.03. The van der Waals surface area contributed by atoms with Gasteiger partial charge < -0.3 is 5.32 Å². The Labute approximate surface area is 149 Å². The van der Waals surface area contributed by atoms with E-state index in [-0.39, 0.29) is 11.8 Å². The third kappa shape index (κ3) is 4.88. The van der Waals surface area contributed by atoms with Gasteiger partial charge in [-0.25, -0.2) is 0 Å². The number of carbonyl (C=O) groups is 1. The lowest BCUT2D eigenvalue weighted by Crippen LogP contribution is -2.30. The summed E-state index contributed by atoms with van der Waals surface area (Å²) >= 11 is 1.62. The van der Waals surface area contributed by atoms with E-state index in [2.05, 4.69) is 49.5 Å². The van der Waals surface area contributed by atoms with Gasteiger partial charge in [-0.15, -0.1) is 11.8 Å². The van der Waals surface area contributed by atoms with Gasteiger partial charge in [-0.1, -0.05) is 57.4 Å². The molecule has 3 nitrogen and oxygen atoms in total. The summed E-state index contributed by atoms with van der Waals surface area (Å²) in [6, 6.07) is 10.6. The van der Waals surface area contributed by atoms with Gasteiger partial charge in [-0.05, 0) is 29.7 Å². The van der Waals surface area contributed by atoms with Gasteiger partial charge in [0.05, 0.1) is 16.7 Å². The minimum atomic E-state index is -0.118. The van der Waals surface area contributed by atoms with Crippen molar-refractivity contribution in [2.45, 2.75) is 58.3 Å². The van der Waals surface area contributed by atoms with Crippen molar-refractivity contribution in [3.8, 4) is 6.07 Å². The Morgan fingerprint density at radius 2 is 1.96 bits per heavy atom. The predicted octanol–water partition coefficient (Wildman–Crippen LogP) is 4.90. The first-order valence-electron chi connectivity index (χ1n) is 8.85. The molecule has 1 aliphatic heterocycles. The number of nitrogens with one attached hydrogen (secondary N) is 1. The molecule has 1 unspecified atom stereocenters.